The number of aromatic nitrogens is 1. The van der Waals surface area contributed by atoms with Gasteiger partial charge in [0.1, 0.15) is 11.1 Å². The van der Waals surface area contributed by atoms with Crippen LogP contribution >= 0.6 is 11.8 Å². The maximum absolute atomic E-state index is 12.3. The molecule has 1 N–H and O–H groups in total. The Morgan fingerprint density at radius 1 is 1.30 bits per heavy atom. The summed E-state index contributed by atoms with van der Waals surface area (Å²) in [6, 6.07) is 10.7. The number of thioether (sulfide) groups is 1. The van der Waals surface area contributed by atoms with Gasteiger partial charge in [-0.2, -0.15) is 5.26 Å². The highest BCUT2D eigenvalue weighted by atomic mass is 32.2. The molecule has 0 bridgehead atoms. The summed E-state index contributed by atoms with van der Waals surface area (Å²) in [6.45, 7) is 0. The lowest BCUT2D eigenvalue weighted by molar-refractivity contribution is -0.113. The first-order valence-electron chi connectivity index (χ1n) is 8.65. The van der Waals surface area contributed by atoms with Crippen molar-refractivity contribution in [3.8, 4) is 6.07 Å². The van der Waals surface area contributed by atoms with Crippen molar-refractivity contribution >= 4 is 29.3 Å². The van der Waals surface area contributed by atoms with Gasteiger partial charge >= 0.3 is 5.97 Å². The molecule has 138 valence electrons. The summed E-state index contributed by atoms with van der Waals surface area (Å²) in [7, 11) is 1.29. The lowest BCUT2D eigenvalue weighted by atomic mass is 9.95. The predicted octanol–water partition coefficient (Wildman–Crippen LogP) is 3.35. The summed E-state index contributed by atoms with van der Waals surface area (Å²) in [5, 5.41) is 12.7. The molecular formula is C20H19N3O3S. The summed E-state index contributed by atoms with van der Waals surface area (Å²) in [4.78, 5) is 28.7. The molecule has 1 aromatic carbocycles. The summed E-state index contributed by atoms with van der Waals surface area (Å²) in [5.74, 6) is -0.697. The molecule has 7 heteroatoms. The van der Waals surface area contributed by atoms with E-state index in [0.29, 0.717) is 21.8 Å². The molecule has 27 heavy (non-hydrogen) atoms. The van der Waals surface area contributed by atoms with Gasteiger partial charge in [-0.3, -0.25) is 4.79 Å². The number of amides is 1. The molecule has 1 heterocycles. The van der Waals surface area contributed by atoms with Gasteiger partial charge in [-0.25, -0.2) is 9.78 Å². The number of nitrogens with one attached hydrogen (secondary N) is 1. The topological polar surface area (TPSA) is 92.1 Å². The van der Waals surface area contributed by atoms with E-state index < -0.39 is 5.97 Å². The minimum Gasteiger partial charge on any atom is -0.465 e. The third-order valence-electron chi connectivity index (χ3n) is 4.33. The molecule has 0 radical (unpaired) electrons. The van der Waals surface area contributed by atoms with Gasteiger partial charge in [0.2, 0.25) is 5.91 Å². The quantitative estimate of drug-likeness (QED) is 0.631. The second-order valence-electron chi connectivity index (χ2n) is 6.14. The number of fused-ring (bicyclic) bond motifs is 1. The van der Waals surface area contributed by atoms with Crippen molar-refractivity contribution in [2.45, 2.75) is 30.7 Å². The van der Waals surface area contributed by atoms with Crippen LogP contribution in [-0.4, -0.2) is 29.7 Å². The minimum atomic E-state index is -0.512. The molecule has 0 atom stereocenters. The average Bonchev–Trinajstić information content (AvgIpc) is 2.71. The Morgan fingerprint density at radius 2 is 2.07 bits per heavy atom. The van der Waals surface area contributed by atoms with E-state index in [1.54, 1.807) is 24.3 Å². The van der Waals surface area contributed by atoms with Crippen LogP contribution in [0.25, 0.3) is 0 Å². The number of aryl methyl sites for hydroxylation is 2. The molecule has 0 spiro atoms. The fourth-order valence-corrected chi connectivity index (χ4v) is 3.78. The van der Waals surface area contributed by atoms with Crippen LogP contribution in [0.2, 0.25) is 0 Å². The van der Waals surface area contributed by atoms with E-state index in [4.69, 9.17) is 4.74 Å². The number of methoxy groups -OCH3 is 1. The van der Waals surface area contributed by atoms with E-state index in [0.717, 1.165) is 36.9 Å². The van der Waals surface area contributed by atoms with Crippen molar-refractivity contribution in [1.29, 1.82) is 5.26 Å². The maximum Gasteiger partial charge on any atom is 0.339 e. The lowest BCUT2D eigenvalue weighted by Crippen LogP contribution is -2.17. The molecule has 1 aliphatic carbocycles. The van der Waals surface area contributed by atoms with Crippen molar-refractivity contribution in [3.05, 3.63) is 52.7 Å². The maximum atomic E-state index is 12.3. The fraction of sp³-hybridized carbons (Fsp3) is 0.300. The molecule has 0 fully saturated rings. The number of para-hydroxylation sites is 1. The number of ether oxygens (including phenoxy) is 1. The van der Waals surface area contributed by atoms with E-state index in [-0.39, 0.29) is 11.7 Å². The molecule has 0 unspecified atom stereocenters. The highest BCUT2D eigenvalue weighted by Gasteiger charge is 2.17. The molecule has 0 saturated heterocycles. The zero-order valence-electron chi connectivity index (χ0n) is 14.9. The standard InChI is InChI=1S/C20H19N3O3S/c1-26-20(25)15-7-3-5-9-17(15)22-18(24)12-27-19-14(11-21)10-13-6-2-4-8-16(13)23-19/h3,5,7,9-10H,2,4,6,8,12H2,1H3,(H,22,24). The number of esters is 1. The molecule has 0 aliphatic heterocycles. The summed E-state index contributed by atoms with van der Waals surface area (Å²) in [6.07, 6.45) is 4.08. The second kappa shape index (κ2) is 8.69. The van der Waals surface area contributed by atoms with Gasteiger partial charge in [0.15, 0.2) is 0 Å². The Labute approximate surface area is 161 Å². The number of benzene rings is 1. The number of pyridine rings is 1. The smallest absolute Gasteiger partial charge is 0.339 e. The van der Waals surface area contributed by atoms with E-state index in [1.807, 2.05) is 6.07 Å². The second-order valence-corrected chi connectivity index (χ2v) is 7.10. The average molecular weight is 381 g/mol. The van der Waals surface area contributed by atoms with Crippen molar-refractivity contribution in [2.24, 2.45) is 0 Å². The SMILES string of the molecule is COC(=O)c1ccccc1NC(=O)CSc1nc2c(cc1C#N)CCCC2. The van der Waals surface area contributed by atoms with Crippen LogP contribution in [0.4, 0.5) is 5.69 Å². The number of carbonyl (C=O) groups is 2. The summed E-state index contributed by atoms with van der Waals surface area (Å²) >= 11 is 1.23. The van der Waals surface area contributed by atoms with Gasteiger partial charge in [-0.1, -0.05) is 23.9 Å². The van der Waals surface area contributed by atoms with Gasteiger partial charge in [0.05, 0.1) is 29.7 Å². The van der Waals surface area contributed by atoms with Gasteiger partial charge in [-0.05, 0) is 49.4 Å². The largest absolute Gasteiger partial charge is 0.465 e. The number of hydrogen-bond acceptors (Lipinski definition) is 6. The first kappa shape index (κ1) is 18.9. The molecule has 1 aromatic heterocycles. The highest BCUT2D eigenvalue weighted by Crippen LogP contribution is 2.27. The van der Waals surface area contributed by atoms with Gasteiger partial charge in [0, 0.05) is 5.69 Å². The number of anilines is 1. The van der Waals surface area contributed by atoms with E-state index in [9.17, 15) is 14.9 Å². The third-order valence-corrected chi connectivity index (χ3v) is 5.32. The van der Waals surface area contributed by atoms with Crippen LogP contribution in [0.15, 0.2) is 35.4 Å². The summed E-state index contributed by atoms with van der Waals surface area (Å²) in [5.41, 5.74) is 3.36. The van der Waals surface area contributed by atoms with Crippen molar-refractivity contribution in [2.75, 3.05) is 18.2 Å². The van der Waals surface area contributed by atoms with E-state index in [1.165, 1.54) is 18.9 Å². The van der Waals surface area contributed by atoms with Gasteiger partial charge in [-0.15, -0.1) is 0 Å². The minimum absolute atomic E-state index is 0.0932. The van der Waals surface area contributed by atoms with E-state index >= 15 is 0 Å². The van der Waals surface area contributed by atoms with Gasteiger partial charge < -0.3 is 10.1 Å². The predicted molar refractivity (Wildman–Crippen MR) is 103 cm³/mol. The normalized spacial score (nSPS) is 12.6. The van der Waals surface area contributed by atoms with Crippen LogP contribution in [0.5, 0.6) is 0 Å². The summed E-state index contributed by atoms with van der Waals surface area (Å²) < 4.78 is 4.73. The zero-order valence-corrected chi connectivity index (χ0v) is 15.8. The van der Waals surface area contributed by atoms with Crippen LogP contribution < -0.4 is 5.32 Å². The van der Waals surface area contributed by atoms with Crippen LogP contribution in [0.1, 0.15) is 40.0 Å². The Hall–Kier alpha value is -2.85. The van der Waals surface area contributed by atoms with Crippen LogP contribution in [0, 0.1) is 11.3 Å². The van der Waals surface area contributed by atoms with Crippen molar-refractivity contribution in [1.82, 2.24) is 4.98 Å². The van der Waals surface area contributed by atoms with Crippen LogP contribution in [0.3, 0.4) is 0 Å². The molecule has 3 rings (SSSR count). The molecular weight excluding hydrogens is 362 g/mol. The van der Waals surface area contributed by atoms with Crippen molar-refractivity contribution in [3.63, 3.8) is 0 Å². The zero-order chi connectivity index (χ0) is 19.2. The lowest BCUT2D eigenvalue weighted by Gasteiger charge is -2.16. The van der Waals surface area contributed by atoms with Crippen LogP contribution in [-0.2, 0) is 22.4 Å². The van der Waals surface area contributed by atoms with Crippen molar-refractivity contribution < 1.29 is 14.3 Å². The third kappa shape index (κ3) is 4.47. The monoisotopic (exact) mass is 381 g/mol. The Balaban J connectivity index is 1.70. The first-order chi connectivity index (χ1) is 13.1. The molecule has 1 aliphatic rings. The highest BCUT2D eigenvalue weighted by molar-refractivity contribution is 8.00. The number of carbonyl (C=O) groups excluding carboxylic acids is 2. The molecule has 1 amide bonds. The number of rotatable bonds is 5. The Bertz CT molecular complexity index is 921. The first-order valence-corrected chi connectivity index (χ1v) is 9.64. The Morgan fingerprint density at radius 3 is 2.85 bits per heavy atom. The number of hydrogen-bond donors (Lipinski definition) is 1. The molecule has 6 nitrogen and oxygen atoms in total. The fourth-order valence-electron chi connectivity index (χ4n) is 3.01. The number of nitrogens with zero attached hydrogens (tertiary/aromatic N) is 2. The van der Waals surface area contributed by atoms with E-state index in [2.05, 4.69) is 16.4 Å². The Kier molecular flexibility index (Phi) is 6.09. The molecule has 2 aromatic rings. The van der Waals surface area contributed by atoms with Gasteiger partial charge in [0.25, 0.3) is 0 Å². The number of nitriles is 1. The molecule has 0 saturated carbocycles.